The van der Waals surface area contributed by atoms with Crippen molar-refractivity contribution < 1.29 is 38.5 Å². The molecule has 2 rings (SSSR count). The van der Waals surface area contributed by atoms with E-state index < -0.39 is 35.7 Å². The second-order valence-corrected chi connectivity index (χ2v) is 7.59. The van der Waals surface area contributed by atoms with E-state index in [1.807, 2.05) is 0 Å². The third kappa shape index (κ3) is 5.91. The lowest BCUT2D eigenvalue weighted by molar-refractivity contribution is -0.150. The first-order valence-corrected chi connectivity index (χ1v) is 10.7. The predicted octanol–water partition coefficient (Wildman–Crippen LogP) is 3.27. The zero-order chi connectivity index (χ0) is 23.8. The Morgan fingerprint density at radius 2 is 1.94 bits per heavy atom. The van der Waals surface area contributed by atoms with Gasteiger partial charge in [0, 0.05) is 5.56 Å². The van der Waals surface area contributed by atoms with Gasteiger partial charge in [0.1, 0.15) is 6.04 Å². The van der Waals surface area contributed by atoms with Gasteiger partial charge in [0.05, 0.1) is 18.1 Å². The molecule has 1 aliphatic rings. The average molecular weight is 464 g/mol. The van der Waals surface area contributed by atoms with Crippen LogP contribution < -0.4 is 9.47 Å². The number of benzene rings is 1. The number of ether oxygens (including phenoxy) is 3. The van der Waals surface area contributed by atoms with Gasteiger partial charge in [-0.15, -0.1) is 6.58 Å². The first kappa shape index (κ1) is 25.0. The summed E-state index contributed by atoms with van der Waals surface area (Å²) in [4.78, 5) is 49.1. The van der Waals surface area contributed by atoms with Crippen molar-refractivity contribution >= 4 is 40.9 Å². The molecule has 1 heterocycles. The Labute approximate surface area is 190 Å². The smallest absolute Gasteiger partial charge is 0.341 e. The molecular weight excluding hydrogens is 438 g/mol. The SMILES string of the molecule is C=CCc1cc(/C=C2/SC(=O)N([C@H](C)C(=O)OCC)C2=O)cc(OCC)c1OCC(=O)O. The Morgan fingerprint density at radius 1 is 1.22 bits per heavy atom. The molecule has 2 amide bonds. The van der Waals surface area contributed by atoms with Crippen molar-refractivity contribution in [3.05, 3.63) is 40.8 Å². The molecule has 1 N–H and O–H groups in total. The molecule has 0 spiro atoms. The van der Waals surface area contributed by atoms with Gasteiger partial charge in [-0.25, -0.2) is 9.59 Å². The van der Waals surface area contributed by atoms with Crippen LogP contribution in [0.5, 0.6) is 11.5 Å². The Hall–Kier alpha value is -3.27. The summed E-state index contributed by atoms with van der Waals surface area (Å²) in [6.45, 7) is 8.43. The molecule has 1 aromatic rings. The Balaban J connectivity index is 2.43. The van der Waals surface area contributed by atoms with Gasteiger partial charge in [-0.1, -0.05) is 6.08 Å². The molecule has 9 nitrogen and oxygen atoms in total. The first-order chi connectivity index (χ1) is 15.2. The molecule has 0 saturated carbocycles. The number of amides is 2. The number of hydrogen-bond donors (Lipinski definition) is 1. The molecule has 0 bridgehead atoms. The quantitative estimate of drug-likeness (QED) is 0.299. The van der Waals surface area contributed by atoms with Crippen LogP contribution in [0.1, 0.15) is 31.9 Å². The summed E-state index contributed by atoms with van der Waals surface area (Å²) in [6.07, 6.45) is 3.49. The number of carboxylic acids is 1. The van der Waals surface area contributed by atoms with Crippen molar-refractivity contribution in [3.63, 3.8) is 0 Å². The number of nitrogens with zero attached hydrogens (tertiary/aromatic N) is 1. The van der Waals surface area contributed by atoms with Gasteiger partial charge >= 0.3 is 11.9 Å². The van der Waals surface area contributed by atoms with Crippen LogP contribution in [0.2, 0.25) is 0 Å². The number of imide groups is 1. The molecular formula is C22H25NO8S. The van der Waals surface area contributed by atoms with Gasteiger partial charge in [0.15, 0.2) is 18.1 Å². The summed E-state index contributed by atoms with van der Waals surface area (Å²) in [5.74, 6) is -1.82. The normalized spacial score (nSPS) is 15.6. The van der Waals surface area contributed by atoms with Gasteiger partial charge in [-0.05, 0) is 62.7 Å². The maximum Gasteiger partial charge on any atom is 0.341 e. The molecule has 1 aliphatic heterocycles. The monoisotopic (exact) mass is 463 g/mol. The van der Waals surface area contributed by atoms with E-state index in [0.29, 0.717) is 29.9 Å². The maximum atomic E-state index is 12.8. The number of esters is 1. The van der Waals surface area contributed by atoms with E-state index in [1.165, 1.54) is 13.0 Å². The lowest BCUT2D eigenvalue weighted by Gasteiger charge is -2.19. The highest BCUT2D eigenvalue weighted by Gasteiger charge is 2.41. The fourth-order valence-corrected chi connectivity index (χ4v) is 3.88. The molecule has 1 atom stereocenters. The number of carboxylic acid groups (broad SMARTS) is 1. The number of rotatable bonds is 11. The molecule has 1 saturated heterocycles. The zero-order valence-corrected chi connectivity index (χ0v) is 18.9. The van der Waals surface area contributed by atoms with E-state index in [9.17, 15) is 19.2 Å². The lowest BCUT2D eigenvalue weighted by Crippen LogP contribution is -2.42. The van der Waals surface area contributed by atoms with Gasteiger partial charge in [-0.3, -0.25) is 14.5 Å². The van der Waals surface area contributed by atoms with Crippen molar-refractivity contribution in [2.75, 3.05) is 19.8 Å². The summed E-state index contributed by atoms with van der Waals surface area (Å²) >= 11 is 0.718. The minimum atomic E-state index is -1.13. The van der Waals surface area contributed by atoms with Crippen LogP contribution in [-0.2, 0) is 25.5 Å². The summed E-state index contributed by atoms with van der Waals surface area (Å²) in [6, 6.07) is 2.25. The molecule has 0 aliphatic carbocycles. The summed E-state index contributed by atoms with van der Waals surface area (Å²) in [5, 5.41) is 8.38. The number of thioether (sulfide) groups is 1. The van der Waals surface area contributed by atoms with E-state index in [0.717, 1.165) is 16.7 Å². The van der Waals surface area contributed by atoms with E-state index in [4.69, 9.17) is 19.3 Å². The van der Waals surface area contributed by atoms with E-state index in [-0.39, 0.29) is 17.3 Å². The van der Waals surface area contributed by atoms with Crippen molar-refractivity contribution in [2.24, 2.45) is 0 Å². The topological polar surface area (TPSA) is 119 Å². The lowest BCUT2D eigenvalue weighted by atomic mass is 10.0. The van der Waals surface area contributed by atoms with Crippen LogP contribution >= 0.6 is 11.8 Å². The minimum absolute atomic E-state index is 0.136. The maximum absolute atomic E-state index is 12.8. The van der Waals surface area contributed by atoms with Gasteiger partial charge < -0.3 is 19.3 Å². The number of allylic oxidation sites excluding steroid dienone is 1. The molecule has 0 unspecified atom stereocenters. The van der Waals surface area contributed by atoms with Crippen LogP contribution in [0, 0.1) is 0 Å². The van der Waals surface area contributed by atoms with Crippen molar-refractivity contribution in [3.8, 4) is 11.5 Å². The Bertz CT molecular complexity index is 955. The van der Waals surface area contributed by atoms with Crippen LogP contribution in [-0.4, -0.2) is 59.0 Å². The number of carbonyl (C=O) groups excluding carboxylic acids is 3. The molecule has 1 aromatic carbocycles. The fourth-order valence-electron chi connectivity index (χ4n) is 2.97. The minimum Gasteiger partial charge on any atom is -0.490 e. The van der Waals surface area contributed by atoms with Crippen LogP contribution in [0.25, 0.3) is 6.08 Å². The molecule has 0 aromatic heterocycles. The first-order valence-electron chi connectivity index (χ1n) is 9.92. The second-order valence-electron chi connectivity index (χ2n) is 6.60. The number of hydrogen-bond acceptors (Lipinski definition) is 8. The van der Waals surface area contributed by atoms with Crippen molar-refractivity contribution in [1.82, 2.24) is 4.90 Å². The Morgan fingerprint density at radius 3 is 2.53 bits per heavy atom. The molecule has 1 fully saturated rings. The number of carbonyl (C=O) groups is 4. The molecule has 32 heavy (non-hydrogen) atoms. The average Bonchev–Trinajstić information content (AvgIpc) is 3.00. The van der Waals surface area contributed by atoms with Crippen LogP contribution in [0.3, 0.4) is 0 Å². The summed E-state index contributed by atoms with van der Waals surface area (Å²) in [7, 11) is 0. The number of aliphatic carboxylic acids is 1. The van der Waals surface area contributed by atoms with Crippen LogP contribution in [0.15, 0.2) is 29.7 Å². The van der Waals surface area contributed by atoms with Crippen molar-refractivity contribution in [1.29, 1.82) is 0 Å². The van der Waals surface area contributed by atoms with E-state index in [2.05, 4.69) is 6.58 Å². The second kappa shape index (κ2) is 11.4. The zero-order valence-electron chi connectivity index (χ0n) is 18.1. The molecule has 10 heteroatoms. The summed E-state index contributed by atoms with van der Waals surface area (Å²) in [5.41, 5.74) is 1.15. The van der Waals surface area contributed by atoms with Gasteiger partial charge in [-0.2, -0.15) is 0 Å². The van der Waals surface area contributed by atoms with E-state index in [1.54, 1.807) is 32.1 Å². The highest BCUT2D eigenvalue weighted by atomic mass is 32.2. The summed E-state index contributed by atoms with van der Waals surface area (Å²) < 4.78 is 15.9. The predicted molar refractivity (Wildman–Crippen MR) is 119 cm³/mol. The highest BCUT2D eigenvalue weighted by Crippen LogP contribution is 2.38. The van der Waals surface area contributed by atoms with Crippen molar-refractivity contribution in [2.45, 2.75) is 33.2 Å². The third-order valence-electron chi connectivity index (χ3n) is 4.29. The van der Waals surface area contributed by atoms with Gasteiger partial charge in [0.2, 0.25) is 0 Å². The van der Waals surface area contributed by atoms with E-state index >= 15 is 0 Å². The third-order valence-corrected chi connectivity index (χ3v) is 5.18. The largest absolute Gasteiger partial charge is 0.490 e. The van der Waals surface area contributed by atoms with Gasteiger partial charge in [0.25, 0.3) is 11.1 Å². The molecule has 172 valence electrons. The Kier molecular flexibility index (Phi) is 8.89. The molecule has 0 radical (unpaired) electrons. The highest BCUT2D eigenvalue weighted by molar-refractivity contribution is 8.18. The fraction of sp³-hybridized carbons (Fsp3) is 0.364. The standard InChI is InChI=1S/C22H25NO8S/c1-5-8-15-9-14(10-16(29-6-2)19(15)31-12-18(24)25)11-17-20(26)23(22(28)32-17)13(4)21(27)30-7-3/h5,9-11,13H,1,6-8,12H2,2-4H3,(H,24,25)/b17-11+/t13-/m1/s1. The van der Waals surface area contributed by atoms with Crippen LogP contribution in [0.4, 0.5) is 4.79 Å².